The fourth-order valence-electron chi connectivity index (χ4n) is 3.89. The van der Waals surface area contributed by atoms with E-state index in [1.807, 2.05) is 18.7 Å². The molecule has 2 aliphatic heterocycles. The van der Waals surface area contributed by atoms with Crippen molar-refractivity contribution in [2.45, 2.75) is 46.0 Å². The number of nitrogens with one attached hydrogen (secondary N) is 1. The summed E-state index contributed by atoms with van der Waals surface area (Å²) in [6, 6.07) is 5.34. The van der Waals surface area contributed by atoms with Crippen molar-refractivity contribution < 1.29 is 23.9 Å². The lowest BCUT2D eigenvalue weighted by Crippen LogP contribution is -2.41. The van der Waals surface area contributed by atoms with E-state index in [4.69, 9.17) is 9.47 Å². The fraction of sp³-hybridized carbons (Fsp3) is 0.591. The highest BCUT2D eigenvalue weighted by Gasteiger charge is 2.27. The van der Waals surface area contributed by atoms with Gasteiger partial charge in [0.25, 0.3) is 0 Å². The van der Waals surface area contributed by atoms with Gasteiger partial charge in [-0.2, -0.15) is 0 Å². The lowest BCUT2D eigenvalue weighted by atomic mass is 9.95. The van der Waals surface area contributed by atoms with E-state index in [2.05, 4.69) is 5.32 Å². The first-order valence-corrected chi connectivity index (χ1v) is 10.8. The van der Waals surface area contributed by atoms with Crippen LogP contribution in [-0.2, 0) is 14.4 Å². The number of fused-ring (bicyclic) bond motifs is 1. The van der Waals surface area contributed by atoms with E-state index in [1.165, 1.54) is 0 Å². The molecule has 0 aliphatic carbocycles. The summed E-state index contributed by atoms with van der Waals surface area (Å²) >= 11 is 0. The van der Waals surface area contributed by atoms with Gasteiger partial charge >= 0.3 is 0 Å². The highest BCUT2D eigenvalue weighted by atomic mass is 16.7. The summed E-state index contributed by atoms with van der Waals surface area (Å²) in [6.45, 7) is 6.65. The first-order chi connectivity index (χ1) is 14.5. The van der Waals surface area contributed by atoms with Crippen LogP contribution in [0, 0.1) is 5.92 Å². The molecule has 1 aromatic rings. The van der Waals surface area contributed by atoms with Crippen molar-refractivity contribution in [3.8, 4) is 11.5 Å². The van der Waals surface area contributed by atoms with Crippen molar-refractivity contribution >= 4 is 23.4 Å². The SMILES string of the molecule is CCN(CC)C(=O)CCCC(=O)N1CCC(C(=O)Nc2ccc3c(c2)OCO3)CC1. The molecular formula is C22H31N3O5. The number of nitrogens with zero attached hydrogens (tertiary/aromatic N) is 2. The van der Waals surface area contributed by atoms with Crippen LogP contribution < -0.4 is 14.8 Å². The number of benzene rings is 1. The highest BCUT2D eigenvalue weighted by molar-refractivity contribution is 5.93. The second-order valence-electron chi connectivity index (χ2n) is 7.63. The summed E-state index contributed by atoms with van der Waals surface area (Å²) in [5.41, 5.74) is 0.681. The van der Waals surface area contributed by atoms with Crippen molar-refractivity contribution in [2.24, 2.45) is 5.92 Å². The Morgan fingerprint density at radius 2 is 1.77 bits per heavy atom. The van der Waals surface area contributed by atoms with Gasteiger partial charge in [-0.15, -0.1) is 0 Å². The third-order valence-electron chi connectivity index (χ3n) is 5.76. The number of hydrogen-bond donors (Lipinski definition) is 1. The van der Waals surface area contributed by atoms with Crippen molar-refractivity contribution in [2.75, 3.05) is 38.3 Å². The second kappa shape index (κ2) is 10.3. The van der Waals surface area contributed by atoms with Crippen LogP contribution in [0.25, 0.3) is 0 Å². The molecule has 8 nitrogen and oxygen atoms in total. The van der Waals surface area contributed by atoms with Crippen LogP contribution in [0.15, 0.2) is 18.2 Å². The predicted molar refractivity (Wildman–Crippen MR) is 112 cm³/mol. The molecule has 1 fully saturated rings. The molecule has 0 spiro atoms. The number of likely N-dealkylation sites (tertiary alicyclic amines) is 1. The number of anilines is 1. The standard InChI is InChI=1S/C22H31N3O5/c1-3-24(4-2)20(26)6-5-7-21(27)25-12-10-16(11-13-25)22(28)23-17-8-9-18-19(14-17)30-15-29-18/h8-9,14,16H,3-7,10-13,15H2,1-2H3,(H,23,28). The first kappa shape index (κ1) is 21.9. The Balaban J connectivity index is 1.39. The van der Waals surface area contributed by atoms with Crippen LogP contribution in [0.2, 0.25) is 0 Å². The number of piperidine rings is 1. The molecule has 0 saturated carbocycles. The molecule has 3 amide bonds. The van der Waals surface area contributed by atoms with E-state index in [-0.39, 0.29) is 30.4 Å². The molecule has 0 radical (unpaired) electrons. The second-order valence-corrected chi connectivity index (χ2v) is 7.63. The van der Waals surface area contributed by atoms with Crippen LogP contribution in [0.1, 0.15) is 46.0 Å². The zero-order valence-corrected chi connectivity index (χ0v) is 17.8. The largest absolute Gasteiger partial charge is 0.454 e. The molecule has 2 aliphatic rings. The molecular weight excluding hydrogens is 386 g/mol. The van der Waals surface area contributed by atoms with Gasteiger partial charge in [0.05, 0.1) is 0 Å². The molecule has 8 heteroatoms. The molecule has 3 rings (SSSR count). The summed E-state index contributed by atoms with van der Waals surface area (Å²) in [5, 5.41) is 2.93. The Morgan fingerprint density at radius 3 is 2.47 bits per heavy atom. The van der Waals surface area contributed by atoms with Gasteiger partial charge in [0, 0.05) is 56.7 Å². The average molecular weight is 418 g/mol. The molecule has 164 valence electrons. The smallest absolute Gasteiger partial charge is 0.231 e. The lowest BCUT2D eigenvalue weighted by Gasteiger charge is -2.31. The lowest BCUT2D eigenvalue weighted by molar-refractivity contribution is -0.135. The third-order valence-corrected chi connectivity index (χ3v) is 5.76. The average Bonchev–Trinajstić information content (AvgIpc) is 3.22. The Bertz CT molecular complexity index is 770. The predicted octanol–water partition coefficient (Wildman–Crippen LogP) is 2.63. The van der Waals surface area contributed by atoms with Gasteiger partial charge in [0.15, 0.2) is 11.5 Å². The molecule has 0 atom stereocenters. The van der Waals surface area contributed by atoms with E-state index in [9.17, 15) is 14.4 Å². The quantitative estimate of drug-likeness (QED) is 0.703. The minimum absolute atomic E-state index is 0.0363. The van der Waals surface area contributed by atoms with Crippen LogP contribution in [0.4, 0.5) is 5.69 Å². The molecule has 30 heavy (non-hydrogen) atoms. The van der Waals surface area contributed by atoms with Gasteiger partial charge in [-0.25, -0.2) is 0 Å². The van der Waals surface area contributed by atoms with Crippen molar-refractivity contribution in [1.29, 1.82) is 0 Å². The number of ether oxygens (including phenoxy) is 2. The van der Waals surface area contributed by atoms with Gasteiger partial charge < -0.3 is 24.6 Å². The molecule has 0 aromatic heterocycles. The molecule has 1 N–H and O–H groups in total. The van der Waals surface area contributed by atoms with Crippen LogP contribution >= 0.6 is 0 Å². The summed E-state index contributed by atoms with van der Waals surface area (Å²) in [4.78, 5) is 40.7. The summed E-state index contributed by atoms with van der Waals surface area (Å²) in [5.74, 6) is 1.32. The number of amides is 3. The molecule has 0 unspecified atom stereocenters. The molecule has 1 saturated heterocycles. The zero-order valence-electron chi connectivity index (χ0n) is 17.8. The van der Waals surface area contributed by atoms with Crippen molar-refractivity contribution in [3.63, 3.8) is 0 Å². The van der Waals surface area contributed by atoms with Crippen LogP contribution in [-0.4, -0.2) is 60.5 Å². The van der Waals surface area contributed by atoms with E-state index in [0.29, 0.717) is 75.5 Å². The van der Waals surface area contributed by atoms with E-state index in [0.717, 1.165) is 0 Å². The minimum atomic E-state index is -0.122. The summed E-state index contributed by atoms with van der Waals surface area (Å²) in [7, 11) is 0. The van der Waals surface area contributed by atoms with E-state index >= 15 is 0 Å². The third kappa shape index (κ3) is 5.43. The molecule has 1 aromatic carbocycles. The Morgan fingerprint density at radius 1 is 1.07 bits per heavy atom. The maximum absolute atomic E-state index is 12.6. The normalized spacial score (nSPS) is 15.7. The van der Waals surface area contributed by atoms with Gasteiger partial charge in [0.1, 0.15) is 0 Å². The van der Waals surface area contributed by atoms with Gasteiger partial charge in [-0.3, -0.25) is 14.4 Å². The number of rotatable bonds is 8. The molecule has 0 bridgehead atoms. The maximum Gasteiger partial charge on any atom is 0.231 e. The van der Waals surface area contributed by atoms with E-state index in [1.54, 1.807) is 23.1 Å². The molecule has 2 heterocycles. The zero-order chi connectivity index (χ0) is 21.5. The van der Waals surface area contributed by atoms with Crippen molar-refractivity contribution in [1.82, 2.24) is 9.80 Å². The number of carbonyl (C=O) groups excluding carboxylic acids is 3. The Hall–Kier alpha value is -2.77. The fourth-order valence-corrected chi connectivity index (χ4v) is 3.89. The first-order valence-electron chi connectivity index (χ1n) is 10.8. The van der Waals surface area contributed by atoms with Crippen LogP contribution in [0.3, 0.4) is 0 Å². The summed E-state index contributed by atoms with van der Waals surface area (Å²) < 4.78 is 10.6. The van der Waals surface area contributed by atoms with Gasteiger partial charge in [-0.05, 0) is 45.2 Å². The van der Waals surface area contributed by atoms with Crippen LogP contribution in [0.5, 0.6) is 11.5 Å². The van der Waals surface area contributed by atoms with E-state index < -0.39 is 0 Å². The van der Waals surface area contributed by atoms with Crippen molar-refractivity contribution in [3.05, 3.63) is 18.2 Å². The number of carbonyl (C=O) groups is 3. The summed E-state index contributed by atoms with van der Waals surface area (Å²) in [6.07, 6.45) is 2.63. The monoisotopic (exact) mass is 417 g/mol. The maximum atomic E-state index is 12.6. The van der Waals surface area contributed by atoms with Gasteiger partial charge in [-0.1, -0.05) is 0 Å². The van der Waals surface area contributed by atoms with Gasteiger partial charge in [0.2, 0.25) is 24.5 Å². The minimum Gasteiger partial charge on any atom is -0.454 e. The number of hydrogen-bond acceptors (Lipinski definition) is 5. The Kier molecular flexibility index (Phi) is 7.54. The Labute approximate surface area is 177 Å². The topological polar surface area (TPSA) is 88.2 Å². The highest BCUT2D eigenvalue weighted by Crippen LogP contribution is 2.34.